The van der Waals surface area contributed by atoms with Gasteiger partial charge in [-0.15, -0.1) is 0 Å². The van der Waals surface area contributed by atoms with Crippen LogP contribution in [0.1, 0.15) is 13.8 Å². The first-order chi connectivity index (χ1) is 9.35. The van der Waals surface area contributed by atoms with E-state index < -0.39 is 10.4 Å². The molecule has 122 valence electrons. The van der Waals surface area contributed by atoms with Gasteiger partial charge in [0.05, 0.1) is 51.8 Å². The highest BCUT2D eigenvalue weighted by Gasteiger charge is 2.06. The molecule has 0 fully saturated rings. The van der Waals surface area contributed by atoms with Crippen LogP contribution in [-0.2, 0) is 33.5 Å². The van der Waals surface area contributed by atoms with Gasteiger partial charge in [0, 0.05) is 7.11 Å². The Morgan fingerprint density at radius 2 is 1.55 bits per heavy atom. The van der Waals surface area contributed by atoms with Crippen molar-refractivity contribution >= 4 is 10.4 Å². The molecule has 0 aromatic heterocycles. The molecule has 0 bridgehead atoms. The van der Waals surface area contributed by atoms with Crippen molar-refractivity contribution in [2.75, 3.05) is 46.8 Å². The molecule has 0 spiro atoms. The van der Waals surface area contributed by atoms with E-state index in [0.29, 0.717) is 26.4 Å². The van der Waals surface area contributed by atoms with Crippen LogP contribution in [0.3, 0.4) is 0 Å². The second-order valence-electron chi connectivity index (χ2n) is 4.13. The summed E-state index contributed by atoms with van der Waals surface area (Å²) in [5, 5.41) is 0. The largest absolute Gasteiger partial charge is 0.397 e. The summed E-state index contributed by atoms with van der Waals surface area (Å²) in [6.07, 6.45) is -0.000878. The van der Waals surface area contributed by atoms with Gasteiger partial charge in [0.2, 0.25) is 0 Å². The molecule has 2 unspecified atom stereocenters. The van der Waals surface area contributed by atoms with Crippen molar-refractivity contribution in [3.8, 4) is 0 Å². The summed E-state index contributed by atoms with van der Waals surface area (Å²) in [4.78, 5) is 0. The zero-order valence-corrected chi connectivity index (χ0v) is 12.9. The van der Waals surface area contributed by atoms with E-state index in [1.807, 2.05) is 13.8 Å². The fourth-order valence-electron chi connectivity index (χ4n) is 1.08. The summed E-state index contributed by atoms with van der Waals surface area (Å²) in [6.45, 7) is 5.23. The quantitative estimate of drug-likeness (QED) is 0.382. The van der Waals surface area contributed by atoms with E-state index in [2.05, 4.69) is 4.18 Å². The van der Waals surface area contributed by atoms with Gasteiger partial charge in [-0.05, 0) is 13.8 Å². The Kier molecular flexibility index (Phi) is 11.2. The Hall–Kier alpha value is -0.290. The molecule has 9 heteroatoms. The predicted molar refractivity (Wildman–Crippen MR) is 71.0 cm³/mol. The second-order valence-corrected chi connectivity index (χ2v) is 5.22. The van der Waals surface area contributed by atoms with E-state index in [-0.39, 0.29) is 25.4 Å². The minimum Gasteiger partial charge on any atom is -0.379 e. The van der Waals surface area contributed by atoms with Crippen molar-refractivity contribution in [3.63, 3.8) is 0 Å². The monoisotopic (exact) mass is 316 g/mol. The third-order valence-electron chi connectivity index (χ3n) is 2.20. The van der Waals surface area contributed by atoms with Crippen molar-refractivity contribution < 1.29 is 36.1 Å². The molecular weight excluding hydrogens is 292 g/mol. The molecule has 0 aliphatic heterocycles. The zero-order chi connectivity index (χ0) is 15.4. The number of methoxy groups -OCH3 is 1. The Morgan fingerprint density at radius 1 is 0.950 bits per heavy atom. The molecular formula is C11H24O8S. The van der Waals surface area contributed by atoms with Gasteiger partial charge in [-0.3, -0.25) is 4.55 Å². The maximum atomic E-state index is 10.2. The van der Waals surface area contributed by atoms with E-state index >= 15 is 0 Å². The summed E-state index contributed by atoms with van der Waals surface area (Å²) in [7, 11) is -2.76. The molecule has 0 heterocycles. The number of rotatable bonds is 13. The Bertz CT molecular complexity index is 318. The summed E-state index contributed by atoms with van der Waals surface area (Å²) in [5.74, 6) is 0. The molecule has 1 N–H and O–H groups in total. The van der Waals surface area contributed by atoms with Gasteiger partial charge in [-0.2, -0.15) is 8.42 Å². The summed E-state index contributed by atoms with van der Waals surface area (Å²) >= 11 is 0. The topological polar surface area (TPSA) is 101 Å². The Labute approximate surface area is 120 Å². The van der Waals surface area contributed by atoms with Crippen molar-refractivity contribution in [1.82, 2.24) is 0 Å². The van der Waals surface area contributed by atoms with Crippen molar-refractivity contribution in [2.24, 2.45) is 0 Å². The SMILES string of the molecule is COC(C)COC(C)COCCOCCOS(=O)(=O)O. The van der Waals surface area contributed by atoms with E-state index in [1.165, 1.54) is 0 Å². The lowest BCUT2D eigenvalue weighted by Gasteiger charge is -2.16. The molecule has 8 nitrogen and oxygen atoms in total. The van der Waals surface area contributed by atoms with Crippen LogP contribution in [-0.4, -0.2) is 71.9 Å². The highest BCUT2D eigenvalue weighted by Crippen LogP contribution is 1.96. The van der Waals surface area contributed by atoms with Gasteiger partial charge < -0.3 is 18.9 Å². The van der Waals surface area contributed by atoms with Crippen LogP contribution in [0.25, 0.3) is 0 Å². The van der Waals surface area contributed by atoms with Gasteiger partial charge in [-0.25, -0.2) is 4.18 Å². The highest BCUT2D eigenvalue weighted by atomic mass is 32.3. The lowest BCUT2D eigenvalue weighted by atomic mass is 10.4. The molecule has 20 heavy (non-hydrogen) atoms. The van der Waals surface area contributed by atoms with E-state index in [1.54, 1.807) is 7.11 Å². The van der Waals surface area contributed by atoms with E-state index in [9.17, 15) is 8.42 Å². The normalized spacial score (nSPS) is 15.2. The zero-order valence-electron chi connectivity index (χ0n) is 12.1. The first kappa shape index (κ1) is 19.7. The third-order valence-corrected chi connectivity index (χ3v) is 2.67. The molecule has 0 radical (unpaired) electrons. The van der Waals surface area contributed by atoms with Gasteiger partial charge in [0.25, 0.3) is 0 Å². The van der Waals surface area contributed by atoms with Crippen molar-refractivity contribution in [1.29, 1.82) is 0 Å². The van der Waals surface area contributed by atoms with Gasteiger partial charge >= 0.3 is 10.4 Å². The summed E-state index contributed by atoms with van der Waals surface area (Å²) < 4.78 is 53.6. The standard InChI is InChI=1S/C11H24O8S/c1-10(15-3)9-18-11(2)8-17-5-4-16-6-7-19-20(12,13)14/h10-11H,4-9H2,1-3H3,(H,12,13,14). The second kappa shape index (κ2) is 11.4. The fourth-order valence-corrected chi connectivity index (χ4v) is 1.36. The van der Waals surface area contributed by atoms with Crippen LogP contribution in [0.5, 0.6) is 0 Å². The first-order valence-corrected chi connectivity index (χ1v) is 7.63. The van der Waals surface area contributed by atoms with Crippen LogP contribution in [0.4, 0.5) is 0 Å². The molecule has 0 rings (SSSR count). The van der Waals surface area contributed by atoms with Gasteiger partial charge in [-0.1, -0.05) is 0 Å². The first-order valence-electron chi connectivity index (χ1n) is 6.27. The lowest BCUT2D eigenvalue weighted by Crippen LogP contribution is -2.23. The maximum absolute atomic E-state index is 10.2. The molecule has 0 amide bonds. The fraction of sp³-hybridized carbons (Fsp3) is 1.00. The predicted octanol–water partition coefficient (Wildman–Crippen LogP) is 0.279. The molecule has 0 aromatic carbocycles. The third kappa shape index (κ3) is 14.1. The van der Waals surface area contributed by atoms with Crippen LogP contribution in [0.2, 0.25) is 0 Å². The van der Waals surface area contributed by atoms with Gasteiger partial charge in [0.15, 0.2) is 0 Å². The number of ether oxygens (including phenoxy) is 4. The smallest absolute Gasteiger partial charge is 0.379 e. The average Bonchev–Trinajstić information content (AvgIpc) is 2.37. The summed E-state index contributed by atoms with van der Waals surface area (Å²) in [6, 6.07) is 0. The molecule has 0 saturated carbocycles. The minimum absolute atomic E-state index is 0.0450. The summed E-state index contributed by atoms with van der Waals surface area (Å²) in [5.41, 5.74) is 0. The van der Waals surface area contributed by atoms with Crippen molar-refractivity contribution in [2.45, 2.75) is 26.1 Å². The van der Waals surface area contributed by atoms with E-state index in [4.69, 9.17) is 23.5 Å². The maximum Gasteiger partial charge on any atom is 0.397 e. The molecule has 2 atom stereocenters. The average molecular weight is 316 g/mol. The Morgan fingerprint density at radius 3 is 2.15 bits per heavy atom. The van der Waals surface area contributed by atoms with E-state index in [0.717, 1.165) is 0 Å². The lowest BCUT2D eigenvalue weighted by molar-refractivity contribution is -0.0542. The Balaban J connectivity index is 3.31. The van der Waals surface area contributed by atoms with Gasteiger partial charge in [0.1, 0.15) is 0 Å². The number of hydrogen-bond acceptors (Lipinski definition) is 7. The van der Waals surface area contributed by atoms with Crippen LogP contribution in [0.15, 0.2) is 0 Å². The molecule has 0 aromatic rings. The van der Waals surface area contributed by atoms with Crippen LogP contribution >= 0.6 is 0 Å². The number of hydrogen-bond donors (Lipinski definition) is 1. The molecule has 0 aliphatic rings. The van der Waals surface area contributed by atoms with Crippen molar-refractivity contribution in [3.05, 3.63) is 0 Å². The molecule has 0 aliphatic carbocycles. The van der Waals surface area contributed by atoms with Crippen LogP contribution in [0, 0.1) is 0 Å². The van der Waals surface area contributed by atoms with Crippen LogP contribution < -0.4 is 0 Å². The molecule has 0 saturated heterocycles. The minimum atomic E-state index is -4.39. The highest BCUT2D eigenvalue weighted by molar-refractivity contribution is 7.80.